The fourth-order valence-electron chi connectivity index (χ4n) is 2.37. The molecule has 0 bridgehead atoms. The monoisotopic (exact) mass is 410 g/mol. The second-order valence-electron chi connectivity index (χ2n) is 5.78. The maximum Gasteiger partial charge on any atom is 0.264 e. The Hall–Kier alpha value is -2.09. The molecule has 1 amide bonds. The molecule has 0 spiro atoms. The first-order chi connectivity index (χ1) is 12.9. The summed E-state index contributed by atoms with van der Waals surface area (Å²) in [7, 11) is -2.30. The van der Waals surface area contributed by atoms with Gasteiger partial charge in [-0.05, 0) is 55.8 Å². The molecule has 0 aliphatic carbocycles. The molecule has 146 valence electrons. The quantitative estimate of drug-likeness (QED) is 0.643. The van der Waals surface area contributed by atoms with E-state index >= 15 is 0 Å². The predicted molar refractivity (Wildman–Crippen MR) is 107 cm³/mol. The predicted octanol–water partition coefficient (Wildman–Crippen LogP) is 3.32. The van der Waals surface area contributed by atoms with Crippen LogP contribution in [0, 0.1) is 0 Å². The standard InChI is InChI=1S/C19H23ClN2O4S/c1-3-26-13-5-12-21-19(23)15-6-4-7-17(14-15)22(2)27(24,25)18-10-8-16(20)9-11-18/h4,6-11,14H,3,5,12-13H2,1-2H3,(H,21,23). The molecular weight excluding hydrogens is 388 g/mol. The Bertz CT molecular complexity index is 870. The Labute approximate surface area is 165 Å². The number of benzene rings is 2. The smallest absolute Gasteiger partial charge is 0.264 e. The lowest BCUT2D eigenvalue weighted by atomic mass is 10.2. The lowest BCUT2D eigenvalue weighted by Crippen LogP contribution is -2.28. The SMILES string of the molecule is CCOCCCNC(=O)c1cccc(N(C)S(=O)(=O)c2ccc(Cl)cc2)c1. The van der Waals surface area contributed by atoms with Gasteiger partial charge in [-0.25, -0.2) is 8.42 Å². The van der Waals surface area contributed by atoms with Gasteiger partial charge in [-0.2, -0.15) is 0 Å². The average Bonchev–Trinajstić information content (AvgIpc) is 2.67. The zero-order chi connectivity index (χ0) is 19.9. The lowest BCUT2D eigenvalue weighted by Gasteiger charge is -2.20. The van der Waals surface area contributed by atoms with Crippen LogP contribution < -0.4 is 9.62 Å². The van der Waals surface area contributed by atoms with E-state index in [4.69, 9.17) is 16.3 Å². The van der Waals surface area contributed by atoms with E-state index in [0.717, 1.165) is 4.31 Å². The van der Waals surface area contributed by atoms with E-state index in [2.05, 4.69) is 5.32 Å². The number of nitrogens with one attached hydrogen (secondary N) is 1. The Morgan fingerprint density at radius 1 is 1.19 bits per heavy atom. The number of rotatable bonds is 9. The van der Waals surface area contributed by atoms with Gasteiger partial charge in [-0.15, -0.1) is 0 Å². The minimum atomic E-state index is -3.75. The highest BCUT2D eigenvalue weighted by atomic mass is 35.5. The normalized spacial score (nSPS) is 11.2. The van der Waals surface area contributed by atoms with Crippen LogP contribution in [0.1, 0.15) is 23.7 Å². The molecule has 0 atom stereocenters. The van der Waals surface area contributed by atoms with E-state index in [1.54, 1.807) is 24.3 Å². The van der Waals surface area contributed by atoms with Gasteiger partial charge in [0.15, 0.2) is 0 Å². The van der Waals surface area contributed by atoms with Crippen molar-refractivity contribution < 1.29 is 17.9 Å². The molecule has 0 saturated carbocycles. The fraction of sp³-hybridized carbons (Fsp3) is 0.316. The fourth-order valence-corrected chi connectivity index (χ4v) is 3.68. The molecule has 1 N–H and O–H groups in total. The Kier molecular flexibility index (Phi) is 7.65. The van der Waals surface area contributed by atoms with Crippen LogP contribution in [0.3, 0.4) is 0 Å². The minimum absolute atomic E-state index is 0.125. The summed E-state index contributed by atoms with van der Waals surface area (Å²) >= 11 is 5.82. The molecule has 27 heavy (non-hydrogen) atoms. The van der Waals surface area contributed by atoms with E-state index in [-0.39, 0.29) is 10.8 Å². The van der Waals surface area contributed by atoms with Crippen LogP contribution in [0.2, 0.25) is 5.02 Å². The van der Waals surface area contributed by atoms with Crippen molar-refractivity contribution >= 4 is 33.2 Å². The molecule has 6 nitrogen and oxygen atoms in total. The van der Waals surface area contributed by atoms with Crippen LogP contribution in [0.4, 0.5) is 5.69 Å². The highest BCUT2D eigenvalue weighted by Gasteiger charge is 2.21. The second-order valence-corrected chi connectivity index (χ2v) is 8.19. The van der Waals surface area contributed by atoms with Crippen molar-refractivity contribution in [3.8, 4) is 0 Å². The summed E-state index contributed by atoms with van der Waals surface area (Å²) in [6, 6.07) is 12.4. The van der Waals surface area contributed by atoms with Crippen molar-refractivity contribution in [3.05, 3.63) is 59.1 Å². The number of hydrogen-bond donors (Lipinski definition) is 1. The molecule has 0 aromatic heterocycles. The van der Waals surface area contributed by atoms with Crippen LogP contribution in [0.5, 0.6) is 0 Å². The third-order valence-corrected chi connectivity index (χ3v) is 5.95. The van der Waals surface area contributed by atoms with Crippen LogP contribution in [0.25, 0.3) is 0 Å². The van der Waals surface area contributed by atoms with Gasteiger partial charge in [-0.1, -0.05) is 17.7 Å². The van der Waals surface area contributed by atoms with E-state index in [1.165, 1.54) is 31.3 Å². The van der Waals surface area contributed by atoms with Gasteiger partial charge in [0.1, 0.15) is 0 Å². The largest absolute Gasteiger partial charge is 0.382 e. The molecule has 0 aliphatic heterocycles. The Morgan fingerprint density at radius 2 is 1.89 bits per heavy atom. The van der Waals surface area contributed by atoms with Gasteiger partial charge >= 0.3 is 0 Å². The van der Waals surface area contributed by atoms with Crippen LogP contribution in [0.15, 0.2) is 53.4 Å². The lowest BCUT2D eigenvalue weighted by molar-refractivity contribution is 0.0944. The van der Waals surface area contributed by atoms with Crippen molar-refractivity contribution in [2.75, 3.05) is 31.1 Å². The number of anilines is 1. The van der Waals surface area contributed by atoms with Gasteiger partial charge in [0.05, 0.1) is 10.6 Å². The van der Waals surface area contributed by atoms with Crippen LogP contribution >= 0.6 is 11.6 Å². The molecule has 0 aliphatic rings. The summed E-state index contributed by atoms with van der Waals surface area (Å²) in [5.41, 5.74) is 0.786. The van der Waals surface area contributed by atoms with Crippen LogP contribution in [-0.2, 0) is 14.8 Å². The third-order valence-electron chi connectivity index (χ3n) is 3.90. The zero-order valence-corrected chi connectivity index (χ0v) is 16.9. The number of halogens is 1. The molecule has 2 aromatic carbocycles. The van der Waals surface area contributed by atoms with Gasteiger partial charge in [0, 0.05) is 37.4 Å². The summed E-state index contributed by atoms with van der Waals surface area (Å²) in [5.74, 6) is -0.259. The van der Waals surface area contributed by atoms with Gasteiger partial charge in [-0.3, -0.25) is 9.10 Å². The number of hydrogen-bond acceptors (Lipinski definition) is 4. The number of ether oxygens (including phenoxy) is 1. The molecule has 2 aromatic rings. The van der Waals surface area contributed by atoms with Crippen molar-refractivity contribution in [2.45, 2.75) is 18.2 Å². The molecule has 0 saturated heterocycles. The first-order valence-electron chi connectivity index (χ1n) is 8.56. The number of nitrogens with zero attached hydrogens (tertiary/aromatic N) is 1. The molecule has 8 heteroatoms. The number of amides is 1. The van der Waals surface area contributed by atoms with Crippen molar-refractivity contribution in [1.82, 2.24) is 5.32 Å². The highest BCUT2D eigenvalue weighted by molar-refractivity contribution is 7.92. The first kappa shape index (κ1) is 21.2. The second kappa shape index (κ2) is 9.73. The summed E-state index contributed by atoms with van der Waals surface area (Å²) in [6.45, 7) is 3.63. The molecule has 0 unspecified atom stereocenters. The maximum absolute atomic E-state index is 12.8. The molecule has 0 heterocycles. The van der Waals surface area contributed by atoms with E-state index < -0.39 is 10.0 Å². The maximum atomic E-state index is 12.8. The van der Waals surface area contributed by atoms with Crippen molar-refractivity contribution in [3.63, 3.8) is 0 Å². The topological polar surface area (TPSA) is 75.7 Å². The minimum Gasteiger partial charge on any atom is -0.382 e. The zero-order valence-electron chi connectivity index (χ0n) is 15.3. The summed E-state index contributed by atoms with van der Waals surface area (Å²) in [5, 5.41) is 3.26. The number of carbonyl (C=O) groups is 1. The molecule has 0 radical (unpaired) electrons. The van der Waals surface area contributed by atoms with E-state index in [9.17, 15) is 13.2 Å². The molecule has 0 fully saturated rings. The summed E-state index contributed by atoms with van der Waals surface area (Å²) in [4.78, 5) is 12.4. The van der Waals surface area contributed by atoms with Gasteiger partial charge in [0.25, 0.3) is 15.9 Å². The van der Waals surface area contributed by atoms with E-state index in [0.29, 0.717) is 42.5 Å². The Balaban J connectivity index is 2.11. The average molecular weight is 411 g/mol. The Morgan fingerprint density at radius 3 is 2.56 bits per heavy atom. The first-order valence-corrected chi connectivity index (χ1v) is 10.4. The number of carbonyl (C=O) groups excluding carboxylic acids is 1. The van der Waals surface area contributed by atoms with Gasteiger partial charge < -0.3 is 10.1 Å². The van der Waals surface area contributed by atoms with Crippen LogP contribution in [-0.4, -0.2) is 41.1 Å². The molecular formula is C19H23ClN2O4S. The summed E-state index contributed by atoms with van der Waals surface area (Å²) < 4.78 is 31.9. The van der Waals surface area contributed by atoms with E-state index in [1.807, 2.05) is 6.92 Å². The van der Waals surface area contributed by atoms with Gasteiger partial charge in [0.2, 0.25) is 0 Å². The number of sulfonamides is 1. The summed E-state index contributed by atoms with van der Waals surface area (Å²) in [6.07, 6.45) is 0.712. The molecule has 2 rings (SSSR count). The highest BCUT2D eigenvalue weighted by Crippen LogP contribution is 2.24. The third kappa shape index (κ3) is 5.69. The van der Waals surface area contributed by atoms with Crippen molar-refractivity contribution in [2.24, 2.45) is 0 Å². The van der Waals surface area contributed by atoms with Crippen molar-refractivity contribution in [1.29, 1.82) is 0 Å².